The van der Waals surface area contributed by atoms with Crippen LogP contribution in [0.15, 0.2) is 48.5 Å². The molecule has 0 spiro atoms. The van der Waals surface area contributed by atoms with Gasteiger partial charge in [0.1, 0.15) is 5.01 Å². The van der Waals surface area contributed by atoms with Crippen LogP contribution in [0.1, 0.15) is 20.9 Å². The summed E-state index contributed by atoms with van der Waals surface area (Å²) in [6, 6.07) is 11.7. The fourth-order valence-corrected chi connectivity index (χ4v) is 2.97. The number of benzene rings is 2. The number of nitrogens with one attached hydrogen (secondary N) is 1. The van der Waals surface area contributed by atoms with Crippen LogP contribution in [0.3, 0.4) is 0 Å². The number of halogens is 3. The fourth-order valence-electron chi connectivity index (χ4n) is 2.06. The second-order valence-corrected chi connectivity index (χ2v) is 5.95. The van der Waals surface area contributed by atoms with Gasteiger partial charge in [0.2, 0.25) is 0 Å². The number of fused-ring (bicyclic) bond motifs is 1. The van der Waals surface area contributed by atoms with Crippen molar-refractivity contribution in [2.24, 2.45) is 0 Å². The maximum absolute atomic E-state index is 12.5. The van der Waals surface area contributed by atoms with Gasteiger partial charge in [0.05, 0.1) is 22.3 Å². The van der Waals surface area contributed by atoms with E-state index in [1.165, 1.54) is 11.3 Å². The van der Waals surface area contributed by atoms with Gasteiger partial charge >= 0.3 is 6.18 Å². The number of hydrogen-bond donors (Lipinski definition) is 1. The van der Waals surface area contributed by atoms with Crippen LogP contribution < -0.4 is 5.32 Å². The van der Waals surface area contributed by atoms with Gasteiger partial charge in [0.15, 0.2) is 0 Å². The molecule has 0 fully saturated rings. The number of para-hydroxylation sites is 1. The van der Waals surface area contributed by atoms with Crippen molar-refractivity contribution >= 4 is 27.5 Å². The Labute approximate surface area is 133 Å². The van der Waals surface area contributed by atoms with Crippen molar-refractivity contribution in [3.05, 3.63) is 64.7 Å². The van der Waals surface area contributed by atoms with Gasteiger partial charge < -0.3 is 5.32 Å². The van der Waals surface area contributed by atoms with Crippen molar-refractivity contribution < 1.29 is 18.0 Å². The summed E-state index contributed by atoms with van der Waals surface area (Å²) in [4.78, 5) is 16.4. The maximum atomic E-state index is 12.5. The summed E-state index contributed by atoms with van der Waals surface area (Å²) in [6.07, 6.45) is -4.41. The number of aromatic nitrogens is 1. The zero-order valence-electron chi connectivity index (χ0n) is 11.7. The van der Waals surface area contributed by atoms with E-state index in [9.17, 15) is 18.0 Å². The largest absolute Gasteiger partial charge is 0.416 e. The number of nitrogens with zero attached hydrogens (tertiary/aromatic N) is 1. The molecule has 0 aliphatic rings. The molecule has 1 heterocycles. The molecule has 7 heteroatoms. The maximum Gasteiger partial charge on any atom is 0.416 e. The van der Waals surface area contributed by atoms with Gasteiger partial charge in [-0.1, -0.05) is 12.1 Å². The van der Waals surface area contributed by atoms with Gasteiger partial charge in [-0.3, -0.25) is 4.79 Å². The van der Waals surface area contributed by atoms with E-state index in [1.807, 2.05) is 24.3 Å². The number of carbonyl (C=O) groups excluding carboxylic acids is 1. The van der Waals surface area contributed by atoms with E-state index >= 15 is 0 Å². The quantitative estimate of drug-likeness (QED) is 0.777. The second-order valence-electron chi connectivity index (χ2n) is 4.83. The number of hydrogen-bond acceptors (Lipinski definition) is 3. The SMILES string of the molecule is O=C(NCc1nc2ccccc2s1)c1ccc(C(F)(F)F)cc1. The monoisotopic (exact) mass is 336 g/mol. The number of rotatable bonds is 3. The summed E-state index contributed by atoms with van der Waals surface area (Å²) in [5, 5.41) is 3.40. The minimum atomic E-state index is -4.41. The molecule has 0 aliphatic heterocycles. The van der Waals surface area contributed by atoms with E-state index in [2.05, 4.69) is 10.3 Å². The van der Waals surface area contributed by atoms with Crippen LogP contribution in [0.25, 0.3) is 10.2 Å². The summed E-state index contributed by atoms with van der Waals surface area (Å²) in [7, 11) is 0. The van der Waals surface area contributed by atoms with Crippen molar-refractivity contribution in [3.63, 3.8) is 0 Å². The third-order valence-electron chi connectivity index (χ3n) is 3.21. The van der Waals surface area contributed by atoms with Crippen LogP contribution in [0.5, 0.6) is 0 Å². The van der Waals surface area contributed by atoms with Gasteiger partial charge in [-0.25, -0.2) is 4.98 Å². The molecule has 3 aromatic rings. The van der Waals surface area contributed by atoms with Gasteiger partial charge in [0, 0.05) is 5.56 Å². The zero-order valence-corrected chi connectivity index (χ0v) is 12.5. The third kappa shape index (κ3) is 3.50. The highest BCUT2D eigenvalue weighted by molar-refractivity contribution is 7.18. The summed E-state index contributed by atoms with van der Waals surface area (Å²) in [5.41, 5.74) is 0.260. The van der Waals surface area contributed by atoms with Crippen LogP contribution in [0.4, 0.5) is 13.2 Å². The van der Waals surface area contributed by atoms with Gasteiger partial charge in [0.25, 0.3) is 5.91 Å². The third-order valence-corrected chi connectivity index (χ3v) is 4.25. The van der Waals surface area contributed by atoms with Crippen molar-refractivity contribution in [1.29, 1.82) is 0 Å². The van der Waals surface area contributed by atoms with Gasteiger partial charge in [-0.15, -0.1) is 11.3 Å². The molecular weight excluding hydrogens is 325 g/mol. The molecule has 0 unspecified atom stereocenters. The Hall–Kier alpha value is -2.41. The average Bonchev–Trinajstić information content (AvgIpc) is 2.95. The fraction of sp³-hybridized carbons (Fsp3) is 0.125. The van der Waals surface area contributed by atoms with Crippen molar-refractivity contribution in [2.45, 2.75) is 12.7 Å². The molecule has 0 saturated carbocycles. The van der Waals surface area contributed by atoms with Gasteiger partial charge in [-0.2, -0.15) is 13.2 Å². The molecule has 2 aromatic carbocycles. The Morgan fingerprint density at radius 1 is 1.09 bits per heavy atom. The molecule has 1 aromatic heterocycles. The first-order valence-electron chi connectivity index (χ1n) is 6.73. The summed E-state index contributed by atoms with van der Waals surface area (Å²) in [6.45, 7) is 0.235. The predicted molar refractivity (Wildman–Crippen MR) is 82.2 cm³/mol. The van der Waals surface area contributed by atoms with Crippen molar-refractivity contribution in [1.82, 2.24) is 10.3 Å². The van der Waals surface area contributed by atoms with E-state index in [4.69, 9.17) is 0 Å². The molecule has 0 atom stereocenters. The number of alkyl halides is 3. The normalized spacial score (nSPS) is 11.6. The highest BCUT2D eigenvalue weighted by Gasteiger charge is 2.30. The minimum absolute atomic E-state index is 0.180. The molecule has 1 N–H and O–H groups in total. The lowest BCUT2D eigenvalue weighted by Gasteiger charge is -2.07. The van der Waals surface area contributed by atoms with E-state index in [-0.39, 0.29) is 12.1 Å². The first kappa shape index (κ1) is 15.5. The zero-order chi connectivity index (χ0) is 16.4. The molecule has 23 heavy (non-hydrogen) atoms. The smallest absolute Gasteiger partial charge is 0.346 e. The highest BCUT2D eigenvalue weighted by Crippen LogP contribution is 2.29. The Morgan fingerprint density at radius 3 is 2.43 bits per heavy atom. The van der Waals surface area contributed by atoms with Crippen LogP contribution >= 0.6 is 11.3 Å². The standard InChI is InChI=1S/C16H11F3N2OS/c17-16(18,19)11-7-5-10(6-8-11)15(22)20-9-14-21-12-3-1-2-4-13(12)23-14/h1-8H,9H2,(H,20,22). The van der Waals surface area contributed by atoms with E-state index in [0.29, 0.717) is 0 Å². The van der Waals surface area contributed by atoms with Crippen LogP contribution in [0, 0.1) is 0 Å². The average molecular weight is 336 g/mol. The Balaban J connectivity index is 1.67. The lowest BCUT2D eigenvalue weighted by atomic mass is 10.1. The summed E-state index contributed by atoms with van der Waals surface area (Å²) < 4.78 is 38.5. The first-order chi connectivity index (χ1) is 10.9. The molecule has 0 saturated heterocycles. The molecule has 0 bridgehead atoms. The molecule has 0 radical (unpaired) electrons. The van der Waals surface area contributed by atoms with Crippen LogP contribution in [0.2, 0.25) is 0 Å². The Bertz CT molecular complexity index is 807. The second kappa shape index (κ2) is 6.00. The molecular formula is C16H11F3N2OS. The first-order valence-corrected chi connectivity index (χ1v) is 7.55. The van der Waals surface area contributed by atoms with Crippen molar-refractivity contribution in [2.75, 3.05) is 0 Å². The molecule has 3 rings (SSSR count). The minimum Gasteiger partial charge on any atom is -0.346 e. The molecule has 3 nitrogen and oxygen atoms in total. The lowest BCUT2D eigenvalue weighted by molar-refractivity contribution is -0.137. The summed E-state index contributed by atoms with van der Waals surface area (Å²) in [5.74, 6) is -0.432. The topological polar surface area (TPSA) is 42.0 Å². The highest BCUT2D eigenvalue weighted by atomic mass is 32.1. The molecule has 118 valence electrons. The van der Waals surface area contributed by atoms with E-state index in [0.717, 1.165) is 39.5 Å². The van der Waals surface area contributed by atoms with Gasteiger partial charge in [-0.05, 0) is 36.4 Å². The predicted octanol–water partition coefficient (Wildman–Crippen LogP) is 4.25. The molecule has 0 aliphatic carbocycles. The van der Waals surface area contributed by atoms with Crippen LogP contribution in [-0.2, 0) is 12.7 Å². The lowest BCUT2D eigenvalue weighted by Crippen LogP contribution is -2.22. The van der Waals surface area contributed by atoms with E-state index in [1.54, 1.807) is 0 Å². The van der Waals surface area contributed by atoms with Crippen LogP contribution in [-0.4, -0.2) is 10.9 Å². The Morgan fingerprint density at radius 2 is 1.78 bits per heavy atom. The van der Waals surface area contributed by atoms with Crippen molar-refractivity contribution in [3.8, 4) is 0 Å². The number of carbonyl (C=O) groups is 1. The van der Waals surface area contributed by atoms with E-state index < -0.39 is 17.6 Å². The Kier molecular flexibility index (Phi) is 4.04. The number of thiazole rings is 1. The summed E-state index contributed by atoms with van der Waals surface area (Å²) >= 11 is 1.47. The number of amides is 1. The molecule has 1 amide bonds.